The number of ether oxygens (including phenoxy) is 1. The molecular formula is C24H31N3O5S. The van der Waals surface area contributed by atoms with Crippen molar-refractivity contribution < 1.29 is 22.7 Å². The minimum atomic E-state index is -3.74. The minimum Gasteiger partial charge on any atom is -0.376 e. The van der Waals surface area contributed by atoms with Gasteiger partial charge in [-0.25, -0.2) is 8.42 Å². The van der Waals surface area contributed by atoms with Crippen LogP contribution in [0.15, 0.2) is 48.5 Å². The monoisotopic (exact) mass is 473 g/mol. The summed E-state index contributed by atoms with van der Waals surface area (Å²) in [5.41, 5.74) is 2.02. The first-order valence-electron chi connectivity index (χ1n) is 11.1. The molecule has 3 rings (SSSR count). The van der Waals surface area contributed by atoms with Gasteiger partial charge in [-0.15, -0.1) is 0 Å². The molecule has 33 heavy (non-hydrogen) atoms. The first kappa shape index (κ1) is 24.7. The Morgan fingerprint density at radius 2 is 1.85 bits per heavy atom. The first-order valence-corrected chi connectivity index (χ1v) is 12.9. The zero-order chi connectivity index (χ0) is 24.0. The van der Waals surface area contributed by atoms with Gasteiger partial charge in [0.05, 0.1) is 29.3 Å². The van der Waals surface area contributed by atoms with Crippen molar-refractivity contribution in [1.29, 1.82) is 0 Å². The summed E-state index contributed by atoms with van der Waals surface area (Å²) < 4.78 is 31.9. The van der Waals surface area contributed by atoms with Crippen molar-refractivity contribution in [2.24, 2.45) is 0 Å². The first-order chi connectivity index (χ1) is 15.7. The summed E-state index contributed by atoms with van der Waals surface area (Å²) >= 11 is 0. The van der Waals surface area contributed by atoms with Gasteiger partial charge in [0.2, 0.25) is 15.9 Å². The number of aryl methyl sites for hydroxylation is 1. The van der Waals surface area contributed by atoms with Gasteiger partial charge in [0.25, 0.3) is 5.91 Å². The molecule has 178 valence electrons. The van der Waals surface area contributed by atoms with Crippen LogP contribution in [-0.2, 0) is 19.6 Å². The number of anilines is 2. The highest BCUT2D eigenvalue weighted by Crippen LogP contribution is 2.24. The van der Waals surface area contributed by atoms with E-state index in [1.165, 1.54) is 0 Å². The lowest BCUT2D eigenvalue weighted by Gasteiger charge is -2.30. The van der Waals surface area contributed by atoms with Gasteiger partial charge >= 0.3 is 0 Å². The van der Waals surface area contributed by atoms with Crippen molar-refractivity contribution in [2.75, 3.05) is 29.0 Å². The molecule has 1 saturated heterocycles. The molecule has 2 N–H and O–H groups in total. The molecule has 0 saturated carbocycles. The molecule has 8 nitrogen and oxygen atoms in total. The number of carbonyl (C=O) groups is 2. The van der Waals surface area contributed by atoms with E-state index in [0.29, 0.717) is 30.1 Å². The molecule has 1 aliphatic rings. The summed E-state index contributed by atoms with van der Waals surface area (Å²) in [7, 11) is -3.74. The Balaban J connectivity index is 1.81. The number of nitrogens with one attached hydrogen (secondary N) is 2. The molecule has 2 amide bonds. The number of para-hydroxylation sites is 1. The third-order valence-corrected chi connectivity index (χ3v) is 6.74. The van der Waals surface area contributed by atoms with Crippen LogP contribution in [0, 0.1) is 6.92 Å². The number of benzene rings is 2. The Labute approximate surface area is 195 Å². The van der Waals surface area contributed by atoms with E-state index in [2.05, 4.69) is 10.6 Å². The highest BCUT2D eigenvalue weighted by molar-refractivity contribution is 7.92. The molecule has 1 heterocycles. The van der Waals surface area contributed by atoms with Gasteiger partial charge in [0, 0.05) is 13.2 Å². The summed E-state index contributed by atoms with van der Waals surface area (Å²) in [5.74, 6) is -0.837. The fraction of sp³-hybridized carbons (Fsp3) is 0.417. The predicted octanol–water partition coefficient (Wildman–Crippen LogP) is 3.09. The van der Waals surface area contributed by atoms with E-state index in [1.807, 2.05) is 6.92 Å². The highest BCUT2D eigenvalue weighted by Gasteiger charge is 2.32. The lowest BCUT2D eigenvalue weighted by molar-refractivity contribution is -0.117. The summed E-state index contributed by atoms with van der Waals surface area (Å²) in [5, 5.41) is 5.62. The quantitative estimate of drug-likeness (QED) is 0.582. The summed E-state index contributed by atoms with van der Waals surface area (Å²) in [6.07, 6.45) is 3.20. The van der Waals surface area contributed by atoms with Gasteiger partial charge in [-0.3, -0.25) is 13.9 Å². The van der Waals surface area contributed by atoms with Gasteiger partial charge < -0.3 is 15.4 Å². The second-order valence-electron chi connectivity index (χ2n) is 8.20. The van der Waals surface area contributed by atoms with Crippen LogP contribution in [0.5, 0.6) is 0 Å². The number of sulfonamides is 1. The van der Waals surface area contributed by atoms with E-state index in [-0.39, 0.29) is 18.4 Å². The van der Waals surface area contributed by atoms with Gasteiger partial charge in [0.15, 0.2) is 0 Å². The van der Waals surface area contributed by atoms with Gasteiger partial charge in [-0.2, -0.15) is 0 Å². The van der Waals surface area contributed by atoms with Crippen molar-refractivity contribution in [1.82, 2.24) is 5.32 Å². The maximum Gasteiger partial charge on any atom is 0.253 e. The van der Waals surface area contributed by atoms with Crippen LogP contribution in [0.1, 0.15) is 42.1 Å². The van der Waals surface area contributed by atoms with Gasteiger partial charge in [-0.05, 0) is 50.5 Å². The molecule has 0 bridgehead atoms. The van der Waals surface area contributed by atoms with E-state index in [0.717, 1.165) is 29.0 Å². The van der Waals surface area contributed by atoms with Crippen molar-refractivity contribution >= 4 is 33.2 Å². The van der Waals surface area contributed by atoms with Crippen molar-refractivity contribution in [3.8, 4) is 0 Å². The molecule has 2 aromatic carbocycles. The second kappa shape index (κ2) is 10.8. The smallest absolute Gasteiger partial charge is 0.253 e. The molecule has 0 spiro atoms. The molecule has 9 heteroatoms. The molecule has 2 aromatic rings. The van der Waals surface area contributed by atoms with E-state index in [9.17, 15) is 18.0 Å². The zero-order valence-electron chi connectivity index (χ0n) is 19.2. The van der Waals surface area contributed by atoms with Crippen LogP contribution in [0.2, 0.25) is 0 Å². The van der Waals surface area contributed by atoms with Crippen LogP contribution in [0.3, 0.4) is 0 Å². The van der Waals surface area contributed by atoms with Crippen LogP contribution in [0.25, 0.3) is 0 Å². The molecule has 1 fully saturated rings. The lowest BCUT2D eigenvalue weighted by atomic mass is 10.1. The normalized spacial score (nSPS) is 16.8. The lowest BCUT2D eigenvalue weighted by Crippen LogP contribution is -2.47. The van der Waals surface area contributed by atoms with Crippen LogP contribution in [0.4, 0.5) is 11.4 Å². The summed E-state index contributed by atoms with van der Waals surface area (Å²) in [4.78, 5) is 26.0. The maximum atomic E-state index is 13.2. The number of carbonyl (C=O) groups excluding carboxylic acids is 2. The van der Waals surface area contributed by atoms with E-state index >= 15 is 0 Å². The van der Waals surface area contributed by atoms with E-state index < -0.39 is 22.0 Å². The van der Waals surface area contributed by atoms with Gasteiger partial charge in [-0.1, -0.05) is 36.8 Å². The topological polar surface area (TPSA) is 105 Å². The Hall–Kier alpha value is -2.91. The number of rotatable bonds is 9. The van der Waals surface area contributed by atoms with Crippen molar-refractivity contribution in [3.63, 3.8) is 0 Å². The largest absolute Gasteiger partial charge is 0.376 e. The maximum absolute atomic E-state index is 13.2. The zero-order valence-corrected chi connectivity index (χ0v) is 20.0. The van der Waals surface area contributed by atoms with E-state index in [1.54, 1.807) is 55.5 Å². The third-order valence-electron chi connectivity index (χ3n) is 5.56. The second-order valence-corrected chi connectivity index (χ2v) is 10.1. The van der Waals surface area contributed by atoms with Crippen LogP contribution in [-0.4, -0.2) is 51.8 Å². The number of amides is 2. The molecule has 0 radical (unpaired) electrons. The molecule has 0 unspecified atom stereocenters. The molecule has 0 aliphatic carbocycles. The highest BCUT2D eigenvalue weighted by atomic mass is 32.2. The molecule has 2 atom stereocenters. The molecular weight excluding hydrogens is 442 g/mol. The summed E-state index contributed by atoms with van der Waals surface area (Å²) in [6, 6.07) is 12.6. The number of nitrogens with zero attached hydrogens (tertiary/aromatic N) is 1. The molecule has 0 aromatic heterocycles. The fourth-order valence-corrected chi connectivity index (χ4v) is 5.08. The standard InChI is InChI=1S/C24H31N3O5S/c1-4-22(27(33(3,30)31)18-13-11-17(2)12-14-18)24(29)26-21-10-6-5-9-20(21)23(28)25-16-19-8-7-15-32-19/h5-6,9-14,19,22H,4,7-8,15-16H2,1-3H3,(H,25,28)(H,26,29)/t19-,22+/m1/s1. The van der Waals surface area contributed by atoms with E-state index in [4.69, 9.17) is 4.74 Å². The van der Waals surface area contributed by atoms with Gasteiger partial charge in [0.1, 0.15) is 6.04 Å². The molecule has 1 aliphatic heterocycles. The number of hydrogen-bond acceptors (Lipinski definition) is 5. The minimum absolute atomic E-state index is 0.00185. The Kier molecular flexibility index (Phi) is 8.10. The Morgan fingerprint density at radius 1 is 1.15 bits per heavy atom. The SMILES string of the molecule is CC[C@@H](C(=O)Nc1ccccc1C(=O)NC[C@H]1CCCO1)N(c1ccc(C)cc1)S(C)(=O)=O. The summed E-state index contributed by atoms with van der Waals surface area (Å²) in [6.45, 7) is 4.74. The van der Waals surface area contributed by atoms with Crippen LogP contribution < -0.4 is 14.9 Å². The Morgan fingerprint density at radius 3 is 2.45 bits per heavy atom. The predicted molar refractivity (Wildman–Crippen MR) is 129 cm³/mol. The van der Waals surface area contributed by atoms with Crippen molar-refractivity contribution in [2.45, 2.75) is 45.3 Å². The fourth-order valence-electron chi connectivity index (χ4n) is 3.87. The van der Waals surface area contributed by atoms with Crippen LogP contribution >= 0.6 is 0 Å². The number of hydrogen-bond donors (Lipinski definition) is 2. The van der Waals surface area contributed by atoms with Crippen molar-refractivity contribution in [3.05, 3.63) is 59.7 Å². The third kappa shape index (κ3) is 6.33. The average Bonchev–Trinajstić information content (AvgIpc) is 3.30. The Bertz CT molecular complexity index is 1080. The average molecular weight is 474 g/mol.